The molecule has 0 amide bonds. The van der Waals surface area contributed by atoms with Crippen LogP contribution in [0.5, 0.6) is 5.75 Å². The molecule has 0 atom stereocenters. The summed E-state index contributed by atoms with van der Waals surface area (Å²) < 4.78 is 167. The molecule has 0 spiro atoms. The molecule has 0 aliphatic carbocycles. The van der Waals surface area contributed by atoms with Crippen molar-refractivity contribution in [2.45, 2.75) is 24.5 Å². The van der Waals surface area contributed by atoms with Crippen LogP contribution >= 0.6 is 34.6 Å². The molecule has 33 heteroatoms. The van der Waals surface area contributed by atoms with E-state index in [-0.39, 0.29) is 22.9 Å². The summed E-state index contributed by atoms with van der Waals surface area (Å²) in [6, 6.07) is 5.38. The van der Waals surface area contributed by atoms with Crippen molar-refractivity contribution in [2.75, 3.05) is 16.8 Å². The van der Waals surface area contributed by atoms with Crippen LogP contribution in [0.4, 0.5) is 46.0 Å². The van der Waals surface area contributed by atoms with Gasteiger partial charge in [-0.1, -0.05) is 0 Å². The van der Waals surface area contributed by atoms with E-state index >= 15 is 0 Å². The van der Waals surface area contributed by atoms with Crippen LogP contribution in [-0.2, 0) is 53.1 Å². The number of anilines is 4. The highest BCUT2D eigenvalue weighted by Gasteiger charge is 2.30. The van der Waals surface area contributed by atoms with E-state index in [4.69, 9.17) is 23.1 Å². The molecule has 0 bridgehead atoms. The number of fused-ring (bicyclic) bond motifs is 1. The lowest BCUT2D eigenvalue weighted by Gasteiger charge is -2.14. The molecule has 0 aliphatic heterocycles. The summed E-state index contributed by atoms with van der Waals surface area (Å²) in [5.74, 6) is -1.91. The number of hydrogen-bond donors (Lipinski definition) is 8. The molecule has 0 saturated carbocycles. The second kappa shape index (κ2) is 15.7. The Balaban J connectivity index is 1.80. The van der Waals surface area contributed by atoms with Gasteiger partial charge in [0.25, 0.3) is 40.5 Å². The molecular weight excluding hydrogens is 1020 g/mol. The van der Waals surface area contributed by atoms with Gasteiger partial charge in [-0.05, 0) is 65.5 Å². The molecule has 5 aromatic rings. The maximum Gasteiger partial charge on any atom is 0.308 e. The summed E-state index contributed by atoms with van der Waals surface area (Å²) in [7, 11) is -25.8. The van der Waals surface area contributed by atoms with Crippen molar-refractivity contribution >= 4 is 142 Å². The van der Waals surface area contributed by atoms with Gasteiger partial charge in [0.15, 0.2) is 5.75 Å². The van der Waals surface area contributed by atoms with Gasteiger partial charge in [0.05, 0.1) is 16.0 Å². The molecule has 26 nitrogen and oxygen atoms in total. The van der Waals surface area contributed by atoms with Crippen LogP contribution in [0.2, 0.25) is 5.28 Å². The highest BCUT2D eigenvalue weighted by Crippen LogP contribution is 2.49. The molecule has 10 N–H and O–H groups in total. The summed E-state index contributed by atoms with van der Waals surface area (Å²) in [5, 5.41) is 26.6. The number of aromatic hydroxyl groups is 1. The van der Waals surface area contributed by atoms with Crippen LogP contribution < -0.4 is 16.8 Å². The number of nitrogens with one attached hydrogen (secondary N) is 1. The number of nitrogens with zero attached hydrogens (tertiary/aromatic N) is 7. The van der Waals surface area contributed by atoms with Crippen LogP contribution in [0, 0.1) is 0 Å². The molecular formula is C25H18ClIN10O16S5. The van der Waals surface area contributed by atoms with E-state index in [1.807, 2.05) is 0 Å². The number of rotatable bonds is 12. The van der Waals surface area contributed by atoms with Crippen molar-refractivity contribution in [3.63, 3.8) is 0 Å². The highest BCUT2D eigenvalue weighted by atomic mass is 127. The van der Waals surface area contributed by atoms with Crippen LogP contribution in [0.15, 0.2) is 93.5 Å². The third-order valence-corrected chi connectivity index (χ3v) is 13.2. The lowest BCUT2D eigenvalue weighted by molar-refractivity contribution is 0.472. The first-order chi connectivity index (χ1) is 26.6. The van der Waals surface area contributed by atoms with Gasteiger partial charge in [0, 0.05) is 5.69 Å². The predicted molar refractivity (Wildman–Crippen MR) is 205 cm³/mol. The van der Waals surface area contributed by atoms with Gasteiger partial charge in [-0.15, -0.1) is 20.5 Å². The normalized spacial score (nSPS) is 13.1. The summed E-state index contributed by atoms with van der Waals surface area (Å²) in [5.41, 5.74) is 6.79. The van der Waals surface area contributed by atoms with E-state index < -0.39 is 120 Å². The van der Waals surface area contributed by atoms with Crippen molar-refractivity contribution in [1.29, 1.82) is 0 Å². The SMILES string of the molecule is Nc1nc(Cl)nc(Nc2ccc(S(=O)(=O)O)c(/N=N/c3c(S(=O)(=O)O)cc4cc(S(=O)(=O)OI)c(/N=N/c5cc(S(=O)(=O)O)ccc5S(=O)(=O)O)c(N)c4c3O)c2)n1. The molecule has 0 radical (unpaired) electrons. The fraction of sp³-hybridized carbons (Fsp3) is 0. The number of phenols is 1. The summed E-state index contributed by atoms with van der Waals surface area (Å²) >= 11 is 6.68. The predicted octanol–water partition coefficient (Wildman–Crippen LogP) is 4.16. The molecule has 4 aromatic carbocycles. The first kappa shape index (κ1) is 44.2. The Labute approximate surface area is 343 Å². The number of nitrogen functional groups attached to an aromatic ring is 2. The maximum absolute atomic E-state index is 13.0. The molecule has 0 fully saturated rings. The molecule has 1 heterocycles. The van der Waals surface area contributed by atoms with Crippen molar-refractivity contribution in [1.82, 2.24) is 15.0 Å². The molecule has 0 unspecified atom stereocenters. The zero-order valence-corrected chi connectivity index (χ0v) is 34.4. The van der Waals surface area contributed by atoms with E-state index in [0.717, 1.165) is 41.2 Å². The standard InChI is InChI=1S/C25H18ClIN10O16S5/c26-23-31-24(29)33-25(32-23)30-10-1-3-14(55(42,43)44)12(7-10)34-37-21-16(57(48,49)50)5-9-6-17(58(51,52)53-27)20(19(28)18(9)22(21)38)36-35-13-8-11(54(39,40)41)2-4-15(13)56(45,46)47/h1-8,38H,28H2,(H,39,40,41)(H,42,43,44)(H,45,46,47)(H,48,49,50)(H3,29,30,31,32,33)/b36-35+,37-34+. The maximum atomic E-state index is 13.0. The van der Waals surface area contributed by atoms with Crippen molar-refractivity contribution in [2.24, 2.45) is 20.5 Å². The minimum absolute atomic E-state index is 0.0782. The number of nitrogens with two attached hydrogens (primary N) is 2. The first-order valence-electron chi connectivity index (χ1n) is 14.2. The number of halogens is 2. The summed E-state index contributed by atoms with van der Waals surface area (Å²) in [6.07, 6.45) is 0. The second-order valence-corrected chi connectivity index (χ2v) is 19.3. The second-order valence-electron chi connectivity index (χ2n) is 10.8. The minimum atomic E-state index is -5.46. The van der Waals surface area contributed by atoms with Crippen LogP contribution in [-0.4, -0.2) is 80.4 Å². The van der Waals surface area contributed by atoms with E-state index in [1.54, 1.807) is 0 Å². The van der Waals surface area contributed by atoms with E-state index in [0.29, 0.717) is 30.3 Å². The van der Waals surface area contributed by atoms with Gasteiger partial charge in [-0.3, -0.25) is 18.2 Å². The topological polar surface area (TPSA) is 433 Å². The highest BCUT2D eigenvalue weighted by molar-refractivity contribution is 14.1. The van der Waals surface area contributed by atoms with Gasteiger partial charge in [-0.2, -0.15) is 59.6 Å². The zero-order valence-electron chi connectivity index (χ0n) is 27.4. The summed E-state index contributed by atoms with van der Waals surface area (Å²) in [4.78, 5) is 5.74. The Bertz CT molecular complexity index is 3190. The first-order valence-corrected chi connectivity index (χ1v) is 22.7. The van der Waals surface area contributed by atoms with Gasteiger partial charge in [0.2, 0.25) is 17.2 Å². The summed E-state index contributed by atoms with van der Waals surface area (Å²) in [6.45, 7) is 0. The Morgan fingerprint density at radius 2 is 1.19 bits per heavy atom. The number of hydrogen-bond acceptors (Lipinski definition) is 22. The number of aromatic nitrogens is 3. The minimum Gasteiger partial charge on any atom is -0.505 e. The van der Waals surface area contributed by atoms with Gasteiger partial charge in [0.1, 0.15) is 65.3 Å². The van der Waals surface area contributed by atoms with E-state index in [1.165, 1.54) is 0 Å². The monoisotopic (exact) mass is 1040 g/mol. The lowest BCUT2D eigenvalue weighted by Crippen LogP contribution is -2.05. The molecule has 0 saturated heterocycles. The van der Waals surface area contributed by atoms with Crippen LogP contribution in [0.1, 0.15) is 0 Å². The van der Waals surface area contributed by atoms with E-state index in [2.05, 4.69) is 43.2 Å². The Morgan fingerprint density at radius 1 is 0.655 bits per heavy atom. The number of phenolic OH excluding ortho intramolecular Hbond substituents is 1. The fourth-order valence-electron chi connectivity index (χ4n) is 4.74. The van der Waals surface area contributed by atoms with Crippen LogP contribution in [0.3, 0.4) is 0 Å². The Kier molecular flexibility index (Phi) is 12.0. The number of azo groups is 2. The average molecular weight is 1040 g/mol. The average Bonchev–Trinajstić information content (AvgIpc) is 3.08. The third-order valence-electron chi connectivity index (χ3n) is 7.08. The quantitative estimate of drug-likeness (QED) is 0.0376. The van der Waals surface area contributed by atoms with Gasteiger partial charge >= 0.3 is 10.1 Å². The molecule has 308 valence electrons. The molecule has 5 rings (SSSR count). The Hall–Kier alpha value is -4.88. The van der Waals surface area contributed by atoms with Crippen molar-refractivity contribution in [3.05, 3.63) is 53.8 Å². The molecule has 58 heavy (non-hydrogen) atoms. The molecule has 0 aliphatic rings. The Morgan fingerprint density at radius 3 is 1.72 bits per heavy atom. The van der Waals surface area contributed by atoms with Crippen LogP contribution in [0.25, 0.3) is 10.8 Å². The smallest absolute Gasteiger partial charge is 0.308 e. The number of benzene rings is 4. The fourth-order valence-corrected chi connectivity index (χ4v) is 8.58. The van der Waals surface area contributed by atoms with E-state index in [9.17, 15) is 65.4 Å². The van der Waals surface area contributed by atoms with Crippen molar-refractivity contribution < 1.29 is 67.9 Å². The van der Waals surface area contributed by atoms with Gasteiger partial charge in [-0.25, -0.2) is 0 Å². The van der Waals surface area contributed by atoms with Crippen molar-refractivity contribution in [3.8, 4) is 5.75 Å². The third kappa shape index (κ3) is 9.52. The molecule has 1 aromatic heterocycles. The van der Waals surface area contributed by atoms with Gasteiger partial charge < -0.3 is 21.9 Å². The largest absolute Gasteiger partial charge is 0.505 e. The lowest BCUT2D eigenvalue weighted by atomic mass is 10.1. The zero-order chi connectivity index (χ0) is 43.3.